The van der Waals surface area contributed by atoms with Gasteiger partial charge in [0.15, 0.2) is 0 Å². The van der Waals surface area contributed by atoms with Gasteiger partial charge in [-0.05, 0) is 49.3 Å². The van der Waals surface area contributed by atoms with Crippen LogP contribution in [0.3, 0.4) is 0 Å². The van der Waals surface area contributed by atoms with Crippen molar-refractivity contribution in [1.82, 2.24) is 4.90 Å². The molecule has 1 aliphatic carbocycles. The molecular weight excluding hydrogens is 300 g/mol. The Labute approximate surface area is 143 Å². The number of piperidine rings is 1. The Hall–Kier alpha value is -1.84. The number of hydrogen-bond acceptors (Lipinski definition) is 2. The summed E-state index contributed by atoms with van der Waals surface area (Å²) in [7, 11) is 0. The molecule has 4 nitrogen and oxygen atoms in total. The summed E-state index contributed by atoms with van der Waals surface area (Å²) in [4.78, 5) is 28.7. The molecule has 0 spiro atoms. The lowest BCUT2D eigenvalue weighted by Crippen LogP contribution is -2.44. The molecule has 0 radical (unpaired) electrons. The van der Waals surface area contributed by atoms with Crippen molar-refractivity contribution in [1.29, 1.82) is 0 Å². The maximum Gasteiger partial charge on any atom is 0.253 e. The number of nitrogens with zero attached hydrogens (tertiary/aromatic N) is 2. The zero-order chi connectivity index (χ0) is 16.5. The zero-order valence-corrected chi connectivity index (χ0v) is 14.2. The molecule has 128 valence electrons. The fourth-order valence-electron chi connectivity index (χ4n) is 4.70. The summed E-state index contributed by atoms with van der Waals surface area (Å²) in [5.41, 5.74) is 1.59. The number of anilines is 1. The number of rotatable bonds is 2. The van der Waals surface area contributed by atoms with E-state index in [1.807, 2.05) is 34.1 Å². The molecule has 4 rings (SSSR count). The van der Waals surface area contributed by atoms with Crippen molar-refractivity contribution in [3.63, 3.8) is 0 Å². The Balaban J connectivity index is 1.49. The first kappa shape index (κ1) is 15.7. The molecule has 0 bridgehead atoms. The summed E-state index contributed by atoms with van der Waals surface area (Å²) in [5, 5.41) is 0. The van der Waals surface area contributed by atoms with Crippen molar-refractivity contribution in [2.75, 3.05) is 24.5 Å². The number of likely N-dealkylation sites (tertiary alicyclic amines) is 1. The van der Waals surface area contributed by atoms with Gasteiger partial charge >= 0.3 is 0 Å². The molecule has 3 aliphatic rings. The van der Waals surface area contributed by atoms with E-state index < -0.39 is 0 Å². The van der Waals surface area contributed by atoms with E-state index in [9.17, 15) is 9.59 Å². The average Bonchev–Trinajstić information content (AvgIpc) is 3.07. The number of carbonyl (C=O) groups excluding carboxylic acids is 2. The van der Waals surface area contributed by atoms with Gasteiger partial charge in [-0.15, -0.1) is 0 Å². The van der Waals surface area contributed by atoms with Crippen LogP contribution < -0.4 is 4.90 Å². The second kappa shape index (κ2) is 6.58. The fraction of sp³-hybridized carbons (Fsp3) is 0.600. The molecule has 2 saturated heterocycles. The standard InChI is InChI=1S/C20H26N2O2/c23-19-9-4-11-22(19)18-8-3-7-16(13-18)20(24)21-12-10-15-5-1-2-6-17(15)14-21/h3,7-8,13,15,17H,1-2,4-6,9-12,14H2/t15-,17+/m0/s1. The molecular formula is C20H26N2O2. The molecule has 0 aromatic heterocycles. The van der Waals surface area contributed by atoms with Crippen LogP contribution in [0.4, 0.5) is 5.69 Å². The molecule has 2 amide bonds. The van der Waals surface area contributed by atoms with Gasteiger partial charge in [0.2, 0.25) is 5.91 Å². The van der Waals surface area contributed by atoms with Gasteiger partial charge in [0, 0.05) is 37.3 Å². The lowest BCUT2D eigenvalue weighted by atomic mass is 9.75. The molecule has 1 saturated carbocycles. The first-order chi connectivity index (χ1) is 11.7. The van der Waals surface area contributed by atoms with E-state index in [-0.39, 0.29) is 11.8 Å². The highest BCUT2D eigenvalue weighted by Gasteiger charge is 2.33. The third kappa shape index (κ3) is 2.94. The van der Waals surface area contributed by atoms with Crippen molar-refractivity contribution < 1.29 is 9.59 Å². The van der Waals surface area contributed by atoms with Gasteiger partial charge in [0.25, 0.3) is 5.91 Å². The van der Waals surface area contributed by atoms with Gasteiger partial charge < -0.3 is 9.80 Å². The quantitative estimate of drug-likeness (QED) is 0.835. The minimum absolute atomic E-state index is 0.132. The van der Waals surface area contributed by atoms with Crippen LogP contribution in [0.2, 0.25) is 0 Å². The summed E-state index contributed by atoms with van der Waals surface area (Å²) in [5.74, 6) is 1.83. The Morgan fingerprint density at radius 2 is 1.83 bits per heavy atom. The second-order valence-corrected chi connectivity index (χ2v) is 7.54. The lowest BCUT2D eigenvalue weighted by molar-refractivity contribution is -0.117. The van der Waals surface area contributed by atoms with E-state index in [4.69, 9.17) is 0 Å². The van der Waals surface area contributed by atoms with Gasteiger partial charge in [-0.1, -0.05) is 25.3 Å². The van der Waals surface area contributed by atoms with Crippen LogP contribution in [-0.2, 0) is 4.79 Å². The molecule has 0 unspecified atom stereocenters. The highest BCUT2D eigenvalue weighted by atomic mass is 16.2. The van der Waals surface area contributed by atoms with E-state index in [1.165, 1.54) is 25.7 Å². The number of amides is 2. The van der Waals surface area contributed by atoms with Gasteiger partial charge in [-0.3, -0.25) is 9.59 Å². The highest BCUT2D eigenvalue weighted by Crippen LogP contribution is 2.36. The van der Waals surface area contributed by atoms with Gasteiger partial charge in [-0.2, -0.15) is 0 Å². The molecule has 2 aliphatic heterocycles. The monoisotopic (exact) mass is 326 g/mol. The van der Waals surface area contributed by atoms with Crippen LogP contribution in [0.15, 0.2) is 24.3 Å². The lowest BCUT2D eigenvalue weighted by Gasteiger charge is -2.41. The maximum absolute atomic E-state index is 12.9. The number of fused-ring (bicyclic) bond motifs is 1. The van der Waals surface area contributed by atoms with Gasteiger partial charge in [0.1, 0.15) is 0 Å². The summed E-state index contributed by atoms with van der Waals surface area (Å²) >= 11 is 0. The van der Waals surface area contributed by atoms with Crippen LogP contribution in [0.1, 0.15) is 55.3 Å². The summed E-state index contributed by atoms with van der Waals surface area (Å²) in [6.07, 6.45) is 7.98. The van der Waals surface area contributed by atoms with Gasteiger partial charge in [-0.25, -0.2) is 0 Å². The molecule has 4 heteroatoms. The smallest absolute Gasteiger partial charge is 0.253 e. The van der Waals surface area contributed by atoms with E-state index in [0.29, 0.717) is 12.3 Å². The minimum Gasteiger partial charge on any atom is -0.338 e. The molecule has 2 heterocycles. The van der Waals surface area contributed by atoms with Crippen molar-refractivity contribution in [3.05, 3.63) is 29.8 Å². The van der Waals surface area contributed by atoms with Gasteiger partial charge in [0.05, 0.1) is 0 Å². The van der Waals surface area contributed by atoms with E-state index >= 15 is 0 Å². The minimum atomic E-state index is 0.132. The van der Waals surface area contributed by atoms with E-state index in [2.05, 4.69) is 0 Å². The Kier molecular flexibility index (Phi) is 4.30. The maximum atomic E-state index is 12.9. The van der Waals surface area contributed by atoms with Crippen LogP contribution in [0, 0.1) is 11.8 Å². The highest BCUT2D eigenvalue weighted by molar-refractivity contribution is 5.99. The fourth-order valence-corrected chi connectivity index (χ4v) is 4.70. The summed E-state index contributed by atoms with van der Waals surface area (Å²) < 4.78 is 0. The van der Waals surface area contributed by atoms with E-state index in [0.717, 1.165) is 49.6 Å². The Bertz CT molecular complexity index is 642. The number of carbonyl (C=O) groups is 2. The first-order valence-electron chi connectivity index (χ1n) is 9.42. The molecule has 24 heavy (non-hydrogen) atoms. The predicted molar refractivity (Wildman–Crippen MR) is 94.0 cm³/mol. The second-order valence-electron chi connectivity index (χ2n) is 7.54. The van der Waals surface area contributed by atoms with Crippen LogP contribution >= 0.6 is 0 Å². The number of hydrogen-bond donors (Lipinski definition) is 0. The third-order valence-corrected chi connectivity index (χ3v) is 6.06. The van der Waals surface area contributed by atoms with Crippen molar-refractivity contribution in [2.45, 2.75) is 44.9 Å². The molecule has 3 fully saturated rings. The topological polar surface area (TPSA) is 40.6 Å². The van der Waals surface area contributed by atoms with Crippen molar-refractivity contribution in [2.24, 2.45) is 11.8 Å². The van der Waals surface area contributed by atoms with Crippen LogP contribution in [0.25, 0.3) is 0 Å². The third-order valence-electron chi connectivity index (χ3n) is 6.06. The molecule has 2 atom stereocenters. The van der Waals surface area contributed by atoms with Crippen molar-refractivity contribution in [3.8, 4) is 0 Å². The molecule has 1 aromatic carbocycles. The average molecular weight is 326 g/mol. The molecule has 0 N–H and O–H groups in total. The predicted octanol–water partition coefficient (Wildman–Crippen LogP) is 3.47. The Morgan fingerprint density at radius 3 is 2.62 bits per heavy atom. The van der Waals surface area contributed by atoms with Crippen LogP contribution in [-0.4, -0.2) is 36.3 Å². The zero-order valence-electron chi connectivity index (χ0n) is 14.2. The normalized spacial score (nSPS) is 27.2. The largest absolute Gasteiger partial charge is 0.338 e. The van der Waals surface area contributed by atoms with Crippen LogP contribution in [0.5, 0.6) is 0 Å². The van der Waals surface area contributed by atoms with E-state index in [1.54, 1.807) is 0 Å². The summed E-state index contributed by atoms with van der Waals surface area (Å²) in [6, 6.07) is 7.63. The molecule has 1 aromatic rings. The Morgan fingerprint density at radius 1 is 1.00 bits per heavy atom. The SMILES string of the molecule is O=C(c1cccc(N2CCCC2=O)c1)N1CC[C@@H]2CCCC[C@@H]2C1. The van der Waals surface area contributed by atoms with Crippen molar-refractivity contribution >= 4 is 17.5 Å². The first-order valence-corrected chi connectivity index (χ1v) is 9.42. The summed E-state index contributed by atoms with van der Waals surface area (Å²) in [6.45, 7) is 2.56. The number of benzene rings is 1.